The number of amides is 1. The predicted molar refractivity (Wildman–Crippen MR) is 123 cm³/mol. The number of carbonyl (C=O) groups is 1. The van der Waals surface area contributed by atoms with E-state index in [-0.39, 0.29) is 11.9 Å². The van der Waals surface area contributed by atoms with E-state index in [1.54, 1.807) is 33.7 Å². The number of aryl methyl sites for hydroxylation is 1. The molecule has 0 unspecified atom stereocenters. The number of allylic oxidation sites excluding steroid dienone is 1. The van der Waals surface area contributed by atoms with Crippen LogP contribution in [0.4, 0.5) is 0 Å². The smallest absolute Gasteiger partial charge is 0.244 e. The number of benzene rings is 2. The highest BCUT2D eigenvalue weighted by atomic mass is 16.5. The summed E-state index contributed by atoms with van der Waals surface area (Å²) in [7, 11) is 4.84. The Labute approximate surface area is 182 Å². The minimum atomic E-state index is -0.139. The first-order chi connectivity index (χ1) is 14.8. The predicted octanol–water partition coefficient (Wildman–Crippen LogP) is 5.36. The standard InChI is InChI=1S/C25H29NO5/c1-14(2)26-23(27)10-15(3)18-12-19-20(13-31-25(19)16(4)24(18)30-7)17-8-9-21(28-5)22(11-17)29-6/h8-14H,1-7H3,(H,26,27)/b15-10+. The molecule has 0 aliphatic heterocycles. The van der Waals surface area contributed by atoms with Gasteiger partial charge in [-0.15, -0.1) is 0 Å². The maximum absolute atomic E-state index is 12.3. The number of furan rings is 1. The Morgan fingerprint density at radius 3 is 2.39 bits per heavy atom. The summed E-state index contributed by atoms with van der Waals surface area (Å²) in [5.41, 5.74) is 5.12. The molecule has 0 spiro atoms. The molecule has 164 valence electrons. The van der Waals surface area contributed by atoms with E-state index in [9.17, 15) is 4.79 Å². The van der Waals surface area contributed by atoms with E-state index >= 15 is 0 Å². The average Bonchev–Trinajstić information content (AvgIpc) is 3.16. The summed E-state index contributed by atoms with van der Waals surface area (Å²) in [6.45, 7) is 7.71. The van der Waals surface area contributed by atoms with Crippen LogP contribution < -0.4 is 19.5 Å². The maximum atomic E-state index is 12.3. The second-order valence-corrected chi connectivity index (χ2v) is 7.67. The van der Waals surface area contributed by atoms with Crippen molar-refractivity contribution in [2.75, 3.05) is 21.3 Å². The number of ether oxygens (including phenoxy) is 3. The van der Waals surface area contributed by atoms with Crippen LogP contribution in [0.25, 0.3) is 27.7 Å². The molecule has 2 aromatic carbocycles. The summed E-state index contributed by atoms with van der Waals surface area (Å²) >= 11 is 0. The molecular formula is C25H29NO5. The molecule has 1 heterocycles. The highest BCUT2D eigenvalue weighted by Gasteiger charge is 2.19. The molecule has 0 aliphatic carbocycles. The first kappa shape index (κ1) is 22.3. The first-order valence-corrected chi connectivity index (χ1v) is 10.1. The van der Waals surface area contributed by atoms with Crippen LogP contribution in [0.3, 0.4) is 0 Å². The van der Waals surface area contributed by atoms with Gasteiger partial charge in [0.1, 0.15) is 11.3 Å². The van der Waals surface area contributed by atoms with Crippen molar-refractivity contribution in [1.29, 1.82) is 0 Å². The zero-order valence-corrected chi connectivity index (χ0v) is 19.1. The maximum Gasteiger partial charge on any atom is 0.244 e. The van der Waals surface area contributed by atoms with Crippen LogP contribution in [-0.2, 0) is 4.79 Å². The van der Waals surface area contributed by atoms with E-state index in [0.29, 0.717) is 17.2 Å². The molecule has 3 aromatic rings. The quantitative estimate of drug-likeness (QED) is 0.518. The van der Waals surface area contributed by atoms with Gasteiger partial charge in [0.25, 0.3) is 0 Å². The topological polar surface area (TPSA) is 69.9 Å². The van der Waals surface area contributed by atoms with Crippen molar-refractivity contribution in [2.45, 2.75) is 33.7 Å². The highest BCUT2D eigenvalue weighted by Crippen LogP contribution is 2.42. The number of methoxy groups -OCH3 is 3. The van der Waals surface area contributed by atoms with Crippen LogP contribution in [0.2, 0.25) is 0 Å². The Bertz CT molecular complexity index is 1140. The Morgan fingerprint density at radius 1 is 1.06 bits per heavy atom. The fraction of sp³-hybridized carbons (Fsp3) is 0.320. The fourth-order valence-corrected chi connectivity index (χ4v) is 3.70. The lowest BCUT2D eigenvalue weighted by atomic mass is 9.96. The van der Waals surface area contributed by atoms with Crippen molar-refractivity contribution in [1.82, 2.24) is 5.32 Å². The van der Waals surface area contributed by atoms with Crippen LogP contribution in [0.1, 0.15) is 31.9 Å². The first-order valence-electron chi connectivity index (χ1n) is 10.1. The average molecular weight is 424 g/mol. The van der Waals surface area contributed by atoms with Crippen molar-refractivity contribution < 1.29 is 23.4 Å². The molecule has 0 radical (unpaired) electrons. The fourth-order valence-electron chi connectivity index (χ4n) is 3.70. The molecule has 0 aliphatic rings. The second-order valence-electron chi connectivity index (χ2n) is 7.67. The molecule has 0 saturated carbocycles. The lowest BCUT2D eigenvalue weighted by Gasteiger charge is -2.14. The van der Waals surface area contributed by atoms with Gasteiger partial charge in [-0.2, -0.15) is 0 Å². The molecule has 1 N–H and O–H groups in total. The highest BCUT2D eigenvalue weighted by molar-refractivity contribution is 6.01. The lowest BCUT2D eigenvalue weighted by molar-refractivity contribution is -0.116. The van der Waals surface area contributed by atoms with Gasteiger partial charge in [-0.3, -0.25) is 4.79 Å². The molecule has 0 atom stereocenters. The minimum absolute atomic E-state index is 0.0631. The summed E-state index contributed by atoms with van der Waals surface area (Å²) in [5, 5.41) is 3.82. The molecule has 1 amide bonds. The van der Waals surface area contributed by atoms with Gasteiger partial charge < -0.3 is 23.9 Å². The van der Waals surface area contributed by atoms with Crippen LogP contribution in [0.5, 0.6) is 17.2 Å². The summed E-state index contributed by atoms with van der Waals surface area (Å²) in [4.78, 5) is 12.3. The zero-order valence-electron chi connectivity index (χ0n) is 19.1. The van der Waals surface area contributed by atoms with Crippen LogP contribution in [0.15, 0.2) is 41.0 Å². The van der Waals surface area contributed by atoms with Gasteiger partial charge >= 0.3 is 0 Å². The second kappa shape index (κ2) is 9.16. The van der Waals surface area contributed by atoms with Crippen LogP contribution in [-0.4, -0.2) is 33.3 Å². The molecular weight excluding hydrogens is 394 g/mol. The summed E-state index contributed by atoms with van der Waals surface area (Å²) < 4.78 is 22.4. The van der Waals surface area contributed by atoms with Gasteiger partial charge in [-0.05, 0) is 57.0 Å². The number of rotatable bonds is 7. The SMILES string of the molecule is COc1ccc(-c2coc3c(C)c(OC)c(/C(C)=C/C(=O)NC(C)C)cc23)cc1OC. The Morgan fingerprint density at radius 2 is 1.77 bits per heavy atom. The van der Waals surface area contributed by atoms with Crippen molar-refractivity contribution in [3.63, 3.8) is 0 Å². The van der Waals surface area contributed by atoms with Crippen molar-refractivity contribution in [3.05, 3.63) is 47.7 Å². The molecule has 3 rings (SSSR count). The lowest BCUT2D eigenvalue weighted by Crippen LogP contribution is -2.28. The number of nitrogens with one attached hydrogen (secondary N) is 1. The van der Waals surface area contributed by atoms with E-state index in [0.717, 1.165) is 38.8 Å². The summed E-state index contributed by atoms with van der Waals surface area (Å²) in [6.07, 6.45) is 3.33. The summed E-state index contributed by atoms with van der Waals surface area (Å²) in [5.74, 6) is 1.85. The Kier molecular flexibility index (Phi) is 6.59. The largest absolute Gasteiger partial charge is 0.496 e. The number of fused-ring (bicyclic) bond motifs is 1. The third kappa shape index (κ3) is 4.38. The summed E-state index contributed by atoms with van der Waals surface area (Å²) in [6, 6.07) is 7.81. The van der Waals surface area contributed by atoms with Gasteiger partial charge in [0.2, 0.25) is 5.91 Å². The van der Waals surface area contributed by atoms with E-state index in [4.69, 9.17) is 18.6 Å². The Hall–Kier alpha value is -3.41. The molecule has 0 saturated heterocycles. The minimum Gasteiger partial charge on any atom is -0.496 e. The van der Waals surface area contributed by atoms with Crippen LogP contribution in [0, 0.1) is 6.92 Å². The molecule has 31 heavy (non-hydrogen) atoms. The number of hydrogen-bond donors (Lipinski definition) is 1. The third-order valence-corrected chi connectivity index (χ3v) is 5.15. The number of carbonyl (C=O) groups excluding carboxylic acids is 1. The molecule has 0 fully saturated rings. The van der Waals surface area contributed by atoms with Crippen molar-refractivity contribution >= 4 is 22.4 Å². The Balaban J connectivity index is 2.18. The van der Waals surface area contributed by atoms with Gasteiger partial charge in [-0.25, -0.2) is 0 Å². The van der Waals surface area contributed by atoms with E-state index in [2.05, 4.69) is 5.32 Å². The van der Waals surface area contributed by atoms with Gasteiger partial charge in [-0.1, -0.05) is 6.07 Å². The van der Waals surface area contributed by atoms with Gasteiger partial charge in [0.15, 0.2) is 11.5 Å². The van der Waals surface area contributed by atoms with E-state index in [1.807, 2.05) is 52.0 Å². The van der Waals surface area contributed by atoms with Crippen molar-refractivity contribution in [2.24, 2.45) is 0 Å². The normalized spacial score (nSPS) is 11.7. The van der Waals surface area contributed by atoms with E-state index in [1.165, 1.54) is 0 Å². The van der Waals surface area contributed by atoms with Crippen molar-refractivity contribution in [3.8, 4) is 28.4 Å². The van der Waals surface area contributed by atoms with E-state index < -0.39 is 0 Å². The molecule has 6 heteroatoms. The third-order valence-electron chi connectivity index (χ3n) is 5.15. The molecule has 0 bridgehead atoms. The van der Waals surface area contributed by atoms with Gasteiger partial charge in [0, 0.05) is 34.2 Å². The molecule has 1 aromatic heterocycles. The van der Waals surface area contributed by atoms with Crippen LogP contribution >= 0.6 is 0 Å². The number of hydrogen-bond acceptors (Lipinski definition) is 5. The monoisotopic (exact) mass is 423 g/mol. The molecule has 6 nitrogen and oxygen atoms in total. The zero-order chi connectivity index (χ0) is 22.7. The van der Waals surface area contributed by atoms with Gasteiger partial charge in [0.05, 0.1) is 27.6 Å².